The summed E-state index contributed by atoms with van der Waals surface area (Å²) in [5.74, 6) is 1.61. The van der Waals surface area contributed by atoms with Crippen molar-refractivity contribution in [2.45, 2.75) is 6.54 Å². The number of fused-ring (bicyclic) bond motifs is 1. The van der Waals surface area contributed by atoms with Gasteiger partial charge in [-0.1, -0.05) is 11.6 Å². The lowest BCUT2D eigenvalue weighted by atomic mass is 10.1. The van der Waals surface area contributed by atoms with Gasteiger partial charge in [0.1, 0.15) is 32.8 Å². The molecule has 3 aromatic rings. The Labute approximate surface area is 151 Å². The van der Waals surface area contributed by atoms with Crippen LogP contribution in [0, 0.1) is 0 Å². The number of aromatic nitrogens is 2. The van der Waals surface area contributed by atoms with Gasteiger partial charge in [0.2, 0.25) is 0 Å². The maximum absolute atomic E-state index is 11.2. The number of nitrogens with zero attached hydrogens (tertiary/aromatic N) is 3. The van der Waals surface area contributed by atoms with Gasteiger partial charge >= 0.3 is 0 Å². The Balaban J connectivity index is 1.76. The molecule has 0 N–H and O–H groups in total. The van der Waals surface area contributed by atoms with Crippen molar-refractivity contribution in [3.63, 3.8) is 0 Å². The Morgan fingerprint density at radius 1 is 1.20 bits per heavy atom. The van der Waals surface area contributed by atoms with Crippen molar-refractivity contribution in [2.75, 3.05) is 25.6 Å². The highest BCUT2D eigenvalue weighted by molar-refractivity contribution is 7.90. The fraction of sp³-hybridized carbons (Fsp3) is 0.294. The molecular formula is C17H18ClN3O3S. The van der Waals surface area contributed by atoms with Gasteiger partial charge in [-0.3, -0.25) is 4.90 Å². The second-order valence-corrected chi connectivity index (χ2v) is 8.65. The van der Waals surface area contributed by atoms with Crippen LogP contribution in [0.4, 0.5) is 0 Å². The van der Waals surface area contributed by atoms with Crippen LogP contribution < -0.4 is 0 Å². The quantitative estimate of drug-likeness (QED) is 0.613. The molecule has 0 aliphatic carbocycles. The molecule has 3 rings (SSSR count). The molecule has 132 valence electrons. The third kappa shape index (κ3) is 4.56. The smallest absolute Gasteiger partial charge is 0.148 e. The summed E-state index contributed by atoms with van der Waals surface area (Å²) in [5.41, 5.74) is 1.66. The monoisotopic (exact) mass is 379 g/mol. The molecule has 0 amide bonds. The highest BCUT2D eigenvalue weighted by atomic mass is 35.5. The van der Waals surface area contributed by atoms with E-state index in [1.165, 1.54) is 12.6 Å². The van der Waals surface area contributed by atoms with E-state index in [2.05, 4.69) is 9.97 Å². The van der Waals surface area contributed by atoms with Crippen molar-refractivity contribution in [2.24, 2.45) is 0 Å². The first-order chi connectivity index (χ1) is 11.8. The second kappa shape index (κ2) is 7.11. The first-order valence-corrected chi connectivity index (χ1v) is 10.1. The van der Waals surface area contributed by atoms with Crippen LogP contribution in [-0.2, 0) is 16.4 Å². The molecule has 0 aliphatic heterocycles. The lowest BCUT2D eigenvalue weighted by Crippen LogP contribution is -2.24. The Bertz CT molecular complexity index is 1000. The molecule has 0 atom stereocenters. The molecule has 0 aliphatic rings. The predicted octanol–water partition coefficient (Wildman–Crippen LogP) is 3.02. The largest absolute Gasteiger partial charge is 0.460 e. The van der Waals surface area contributed by atoms with Crippen molar-refractivity contribution < 1.29 is 12.8 Å². The Morgan fingerprint density at radius 3 is 2.76 bits per heavy atom. The van der Waals surface area contributed by atoms with E-state index >= 15 is 0 Å². The Morgan fingerprint density at radius 2 is 2.00 bits per heavy atom. The van der Waals surface area contributed by atoms with E-state index in [1.807, 2.05) is 42.3 Å². The van der Waals surface area contributed by atoms with Gasteiger partial charge < -0.3 is 4.42 Å². The van der Waals surface area contributed by atoms with Gasteiger partial charge in [-0.2, -0.15) is 0 Å². The SMILES string of the molecule is CN(CCS(C)(=O)=O)Cc1ccc(-c2ccc3ncnc(Cl)c3c2)o1. The van der Waals surface area contributed by atoms with Crippen LogP contribution in [0.25, 0.3) is 22.2 Å². The Kier molecular flexibility index (Phi) is 5.08. The number of hydrogen-bond donors (Lipinski definition) is 0. The van der Waals surface area contributed by atoms with Crippen LogP contribution in [0.2, 0.25) is 5.15 Å². The van der Waals surface area contributed by atoms with Gasteiger partial charge in [-0.25, -0.2) is 18.4 Å². The van der Waals surface area contributed by atoms with E-state index in [-0.39, 0.29) is 5.75 Å². The average Bonchev–Trinajstić information content (AvgIpc) is 3.01. The minimum absolute atomic E-state index is 0.125. The van der Waals surface area contributed by atoms with Gasteiger partial charge in [-0.15, -0.1) is 0 Å². The molecule has 2 aromatic heterocycles. The highest BCUT2D eigenvalue weighted by Crippen LogP contribution is 2.28. The van der Waals surface area contributed by atoms with Crippen molar-refractivity contribution in [1.29, 1.82) is 0 Å². The zero-order valence-corrected chi connectivity index (χ0v) is 15.5. The van der Waals surface area contributed by atoms with Crippen LogP contribution in [-0.4, -0.2) is 48.9 Å². The first kappa shape index (κ1) is 17.8. The molecule has 0 saturated carbocycles. The van der Waals surface area contributed by atoms with Crippen LogP contribution in [0.3, 0.4) is 0 Å². The summed E-state index contributed by atoms with van der Waals surface area (Å²) in [7, 11) is -1.11. The second-order valence-electron chi connectivity index (χ2n) is 6.03. The van der Waals surface area contributed by atoms with E-state index < -0.39 is 9.84 Å². The summed E-state index contributed by atoms with van der Waals surface area (Å²) in [6, 6.07) is 9.46. The van der Waals surface area contributed by atoms with Gasteiger partial charge in [0.05, 0.1) is 17.8 Å². The summed E-state index contributed by atoms with van der Waals surface area (Å²) in [6.07, 6.45) is 2.67. The maximum atomic E-state index is 11.2. The third-order valence-corrected chi connectivity index (χ3v) is 5.03. The molecule has 0 saturated heterocycles. The van der Waals surface area contributed by atoms with Crippen molar-refractivity contribution in [3.8, 4) is 11.3 Å². The molecule has 25 heavy (non-hydrogen) atoms. The zero-order chi connectivity index (χ0) is 18.0. The predicted molar refractivity (Wildman–Crippen MR) is 98.3 cm³/mol. The molecule has 0 fully saturated rings. The molecule has 0 bridgehead atoms. The van der Waals surface area contributed by atoms with Gasteiger partial charge in [0.15, 0.2) is 0 Å². The molecule has 0 radical (unpaired) electrons. The minimum Gasteiger partial charge on any atom is -0.460 e. The number of sulfone groups is 1. The highest BCUT2D eigenvalue weighted by Gasteiger charge is 2.11. The van der Waals surface area contributed by atoms with E-state index in [0.717, 1.165) is 22.2 Å². The number of halogens is 1. The van der Waals surface area contributed by atoms with Gasteiger partial charge in [-0.05, 0) is 37.4 Å². The summed E-state index contributed by atoms with van der Waals surface area (Å²) in [6.45, 7) is 0.991. The average molecular weight is 380 g/mol. The van der Waals surface area contributed by atoms with E-state index in [1.54, 1.807) is 0 Å². The molecule has 2 heterocycles. The zero-order valence-electron chi connectivity index (χ0n) is 13.9. The molecule has 1 aromatic carbocycles. The molecule has 0 spiro atoms. The standard InChI is InChI=1S/C17H18ClN3O3S/c1-21(7-8-25(2,22)23)10-13-4-6-16(24-13)12-3-5-15-14(9-12)17(18)20-11-19-15/h3-6,9,11H,7-8,10H2,1-2H3. The maximum Gasteiger partial charge on any atom is 0.148 e. The van der Waals surface area contributed by atoms with Gasteiger partial charge in [0, 0.05) is 23.8 Å². The molecule has 0 unspecified atom stereocenters. The van der Waals surface area contributed by atoms with Crippen molar-refractivity contribution in [3.05, 3.63) is 47.6 Å². The third-order valence-electron chi connectivity index (χ3n) is 3.80. The van der Waals surface area contributed by atoms with Crippen LogP contribution >= 0.6 is 11.6 Å². The van der Waals surface area contributed by atoms with E-state index in [9.17, 15) is 8.42 Å². The number of rotatable bonds is 6. The topological polar surface area (TPSA) is 76.3 Å². The van der Waals surface area contributed by atoms with Crippen LogP contribution in [0.1, 0.15) is 5.76 Å². The number of hydrogen-bond acceptors (Lipinski definition) is 6. The molecule has 6 nitrogen and oxygen atoms in total. The van der Waals surface area contributed by atoms with E-state index in [4.69, 9.17) is 16.0 Å². The lowest BCUT2D eigenvalue weighted by Gasteiger charge is -2.14. The molecule has 8 heteroatoms. The normalized spacial score (nSPS) is 12.2. The fourth-order valence-corrected chi connectivity index (χ4v) is 3.30. The van der Waals surface area contributed by atoms with E-state index in [0.29, 0.717) is 24.0 Å². The van der Waals surface area contributed by atoms with Gasteiger partial charge in [0.25, 0.3) is 0 Å². The summed E-state index contributed by atoms with van der Waals surface area (Å²) in [5, 5.41) is 1.17. The van der Waals surface area contributed by atoms with Crippen LogP contribution in [0.15, 0.2) is 41.1 Å². The minimum atomic E-state index is -2.97. The first-order valence-electron chi connectivity index (χ1n) is 7.67. The Hall–Kier alpha value is -1.96. The van der Waals surface area contributed by atoms with Crippen molar-refractivity contribution >= 4 is 32.3 Å². The summed E-state index contributed by atoms with van der Waals surface area (Å²) in [4.78, 5) is 10.1. The molecular weight excluding hydrogens is 362 g/mol. The summed E-state index contributed by atoms with van der Waals surface area (Å²) < 4.78 is 28.4. The number of benzene rings is 1. The van der Waals surface area contributed by atoms with Crippen molar-refractivity contribution in [1.82, 2.24) is 14.9 Å². The lowest BCUT2D eigenvalue weighted by molar-refractivity contribution is 0.312. The summed E-state index contributed by atoms with van der Waals surface area (Å²) >= 11 is 6.12. The fourth-order valence-electron chi connectivity index (χ4n) is 2.46. The number of furan rings is 1. The van der Waals surface area contributed by atoms with Crippen LogP contribution in [0.5, 0.6) is 0 Å².